The minimum Gasteiger partial charge on any atom is -0.375 e. The number of pyridine rings is 1. The summed E-state index contributed by atoms with van der Waals surface area (Å²) in [7, 11) is 0. The maximum Gasteiger partial charge on any atom is 0.270 e. The number of imide groups is 2. The molecule has 6 heterocycles. The highest BCUT2D eigenvalue weighted by atomic mass is 16.2. The van der Waals surface area contributed by atoms with Gasteiger partial charge in [0.05, 0.1) is 24.0 Å². The van der Waals surface area contributed by atoms with Crippen LogP contribution in [0, 0.1) is 6.92 Å². The van der Waals surface area contributed by atoms with Crippen LogP contribution in [0.25, 0.3) is 11.2 Å². The van der Waals surface area contributed by atoms with E-state index >= 15 is 0 Å². The van der Waals surface area contributed by atoms with Crippen molar-refractivity contribution in [2.75, 3.05) is 36.8 Å². The van der Waals surface area contributed by atoms with Crippen LogP contribution in [0.4, 0.5) is 11.5 Å². The van der Waals surface area contributed by atoms with Crippen molar-refractivity contribution in [3.63, 3.8) is 0 Å². The zero-order valence-corrected chi connectivity index (χ0v) is 33.8. The lowest BCUT2D eigenvalue weighted by Crippen LogP contribution is -2.54. The van der Waals surface area contributed by atoms with E-state index < -0.39 is 29.7 Å². The molecule has 1 saturated carbocycles. The molecule has 7 amide bonds. The molecule has 0 bridgehead atoms. The third kappa shape index (κ3) is 8.90. The summed E-state index contributed by atoms with van der Waals surface area (Å²) in [5.74, 6) is -2.10. The van der Waals surface area contributed by atoms with E-state index in [9.17, 15) is 33.6 Å². The van der Waals surface area contributed by atoms with Crippen molar-refractivity contribution in [1.82, 2.24) is 50.3 Å². The Balaban J connectivity index is 0.713. The SMILES string of the molecule is Cc1cccc(C(=O)NC2CC(n3cnc4c(NC5CCN(C(=O)CCCCCNC(=O)CNc6cccc7c6C(=O)N(C6CCC(=O)NC6=O)C7=O)CC5)ncnc43)C2)n1. The van der Waals surface area contributed by atoms with Gasteiger partial charge in [0, 0.05) is 62.0 Å². The number of benzene rings is 1. The first-order chi connectivity index (χ1) is 29.5. The fraction of sp³-hybridized carbons (Fsp3) is 0.452. The second-order valence-corrected chi connectivity index (χ2v) is 16.0. The topological polar surface area (TPSA) is 243 Å². The zero-order valence-electron chi connectivity index (χ0n) is 33.8. The summed E-state index contributed by atoms with van der Waals surface area (Å²) in [6.45, 7) is 3.41. The molecule has 5 N–H and O–H groups in total. The largest absolute Gasteiger partial charge is 0.375 e. The summed E-state index contributed by atoms with van der Waals surface area (Å²) in [5, 5.41) is 14.6. The molecule has 19 nitrogen and oxygen atoms in total. The first-order valence-electron chi connectivity index (χ1n) is 20.9. The van der Waals surface area contributed by atoms with Crippen LogP contribution in [-0.4, -0.2) is 120 Å². The summed E-state index contributed by atoms with van der Waals surface area (Å²) in [6.07, 6.45) is 9.04. The number of anilines is 2. The number of rotatable bonds is 15. The number of hydrogen-bond donors (Lipinski definition) is 5. The zero-order chi connectivity index (χ0) is 42.6. The lowest BCUT2D eigenvalue weighted by atomic mass is 9.86. The van der Waals surface area contributed by atoms with Crippen molar-refractivity contribution in [2.24, 2.45) is 0 Å². The molecule has 1 atom stereocenters. The average Bonchev–Trinajstić information content (AvgIpc) is 3.78. The van der Waals surface area contributed by atoms with E-state index in [1.54, 1.807) is 24.5 Å². The van der Waals surface area contributed by atoms with E-state index in [4.69, 9.17) is 0 Å². The molecule has 0 spiro atoms. The smallest absolute Gasteiger partial charge is 0.270 e. The first kappa shape index (κ1) is 41.0. The van der Waals surface area contributed by atoms with Crippen LogP contribution in [-0.2, 0) is 19.2 Å². The fourth-order valence-electron chi connectivity index (χ4n) is 8.42. The molecule has 19 heteroatoms. The maximum atomic E-state index is 13.3. The molecule has 3 fully saturated rings. The van der Waals surface area contributed by atoms with Gasteiger partial charge in [-0.25, -0.2) is 19.9 Å². The lowest BCUT2D eigenvalue weighted by Gasteiger charge is -2.36. The number of imidazole rings is 1. The molecule has 8 rings (SSSR count). The van der Waals surface area contributed by atoms with Crippen LogP contribution < -0.4 is 26.6 Å². The molecule has 1 unspecified atom stereocenters. The molecule has 4 aromatic rings. The number of amides is 7. The number of hydrogen-bond acceptors (Lipinski definition) is 13. The van der Waals surface area contributed by atoms with E-state index in [1.807, 2.05) is 24.0 Å². The number of aromatic nitrogens is 5. The number of piperidine rings is 2. The van der Waals surface area contributed by atoms with Crippen molar-refractivity contribution >= 4 is 64.0 Å². The van der Waals surface area contributed by atoms with Crippen molar-refractivity contribution in [2.45, 2.75) is 95.3 Å². The molecular formula is C42H48N12O7. The lowest BCUT2D eigenvalue weighted by molar-refractivity contribution is -0.136. The van der Waals surface area contributed by atoms with Gasteiger partial charge in [-0.2, -0.15) is 0 Å². The van der Waals surface area contributed by atoms with Crippen LogP contribution in [0.2, 0.25) is 0 Å². The molecule has 61 heavy (non-hydrogen) atoms. The third-order valence-corrected chi connectivity index (χ3v) is 11.8. The van der Waals surface area contributed by atoms with Crippen LogP contribution >= 0.6 is 0 Å². The Labute approximate surface area is 350 Å². The van der Waals surface area contributed by atoms with Gasteiger partial charge in [-0.1, -0.05) is 18.6 Å². The van der Waals surface area contributed by atoms with E-state index in [0.717, 1.165) is 48.3 Å². The molecule has 3 aromatic heterocycles. The summed E-state index contributed by atoms with van der Waals surface area (Å²) >= 11 is 0. The van der Waals surface area contributed by atoms with Crippen molar-refractivity contribution in [3.8, 4) is 0 Å². The molecule has 1 aromatic carbocycles. The number of likely N-dealkylation sites (tertiary alicyclic amines) is 1. The highest BCUT2D eigenvalue weighted by Crippen LogP contribution is 2.36. The second kappa shape index (κ2) is 17.8. The van der Waals surface area contributed by atoms with Crippen LogP contribution in [0.15, 0.2) is 49.1 Å². The number of nitrogens with one attached hydrogen (secondary N) is 5. The van der Waals surface area contributed by atoms with Gasteiger partial charge in [0.15, 0.2) is 11.5 Å². The van der Waals surface area contributed by atoms with Gasteiger partial charge in [0.25, 0.3) is 17.7 Å². The van der Waals surface area contributed by atoms with Gasteiger partial charge < -0.3 is 30.7 Å². The van der Waals surface area contributed by atoms with E-state index in [0.29, 0.717) is 61.6 Å². The maximum absolute atomic E-state index is 13.3. The minimum atomic E-state index is -1.08. The predicted molar refractivity (Wildman–Crippen MR) is 220 cm³/mol. The van der Waals surface area contributed by atoms with Crippen molar-refractivity contribution in [1.29, 1.82) is 0 Å². The van der Waals surface area contributed by atoms with E-state index in [1.165, 1.54) is 12.4 Å². The quantitative estimate of drug-likeness (QED) is 0.0854. The summed E-state index contributed by atoms with van der Waals surface area (Å²) in [4.78, 5) is 109. The second-order valence-electron chi connectivity index (χ2n) is 16.0. The Bertz CT molecular complexity index is 2390. The van der Waals surface area contributed by atoms with Gasteiger partial charge in [0.2, 0.25) is 23.6 Å². The number of unbranched alkanes of at least 4 members (excludes halogenated alkanes) is 2. The average molecular weight is 833 g/mol. The predicted octanol–water partition coefficient (Wildman–Crippen LogP) is 2.26. The molecule has 0 radical (unpaired) electrons. The Morgan fingerprint density at radius 1 is 0.885 bits per heavy atom. The number of aryl methyl sites for hydroxylation is 1. The molecule has 318 valence electrons. The van der Waals surface area contributed by atoms with Gasteiger partial charge in [-0.3, -0.25) is 43.8 Å². The van der Waals surface area contributed by atoms with Crippen molar-refractivity contribution < 1.29 is 33.6 Å². The van der Waals surface area contributed by atoms with Gasteiger partial charge >= 0.3 is 0 Å². The first-order valence-corrected chi connectivity index (χ1v) is 20.9. The van der Waals surface area contributed by atoms with Crippen molar-refractivity contribution in [3.05, 3.63) is 71.6 Å². The van der Waals surface area contributed by atoms with Gasteiger partial charge in [-0.15, -0.1) is 0 Å². The molecular weight excluding hydrogens is 785 g/mol. The molecule has 1 aliphatic carbocycles. The van der Waals surface area contributed by atoms with E-state index in [-0.39, 0.29) is 66.4 Å². The fourth-order valence-corrected chi connectivity index (χ4v) is 8.42. The van der Waals surface area contributed by atoms with Crippen LogP contribution in [0.5, 0.6) is 0 Å². The van der Waals surface area contributed by atoms with Gasteiger partial charge in [0.1, 0.15) is 23.6 Å². The van der Waals surface area contributed by atoms with Crippen LogP contribution in [0.1, 0.15) is 107 Å². The molecule has 4 aliphatic rings. The normalized spacial score (nSPS) is 20.2. The summed E-state index contributed by atoms with van der Waals surface area (Å²) in [5.41, 5.74) is 3.17. The Morgan fingerprint density at radius 2 is 1.69 bits per heavy atom. The Hall–Kier alpha value is -6.79. The van der Waals surface area contributed by atoms with Gasteiger partial charge in [-0.05, 0) is 76.1 Å². The summed E-state index contributed by atoms with van der Waals surface area (Å²) in [6, 6.07) is 9.34. The number of fused-ring (bicyclic) bond motifs is 2. The summed E-state index contributed by atoms with van der Waals surface area (Å²) < 4.78 is 2.05. The standard InChI is InChI=1S/C42H48N12O7/c1-24-7-5-10-30(48-24)39(58)50-26-19-27(20-26)53-23-47-36-37(45-22-46-38(36)53)49-25-14-17-52(18-15-25)34(57)11-3-2-4-16-43-33(56)21-44-29-9-6-8-28-35(29)42(61)54(41(28)60)31-12-13-32(55)51-40(31)59/h5-10,22-23,25-27,31,44H,2-4,11-21H2,1H3,(H,43,56)(H,50,58)(H,45,46,49)(H,51,55,59). The van der Waals surface area contributed by atoms with E-state index in [2.05, 4.69) is 51.1 Å². The Morgan fingerprint density at radius 3 is 2.48 bits per heavy atom. The highest BCUT2D eigenvalue weighted by Gasteiger charge is 2.45. The molecule has 3 aliphatic heterocycles. The third-order valence-electron chi connectivity index (χ3n) is 11.8. The highest BCUT2D eigenvalue weighted by molar-refractivity contribution is 6.25. The number of nitrogens with zero attached hydrogens (tertiary/aromatic N) is 7. The number of carbonyl (C=O) groups excluding carboxylic acids is 7. The number of carbonyl (C=O) groups is 7. The molecule has 2 saturated heterocycles. The van der Waals surface area contributed by atoms with Crippen LogP contribution in [0.3, 0.4) is 0 Å². The minimum absolute atomic E-state index is 0.0238. The Kier molecular flexibility index (Phi) is 12.0. The monoisotopic (exact) mass is 832 g/mol.